The van der Waals surface area contributed by atoms with Crippen LogP contribution in [0, 0.1) is 31.3 Å². The fourth-order valence-electron chi connectivity index (χ4n) is 3.50. The van der Waals surface area contributed by atoms with Gasteiger partial charge >= 0.3 is 5.97 Å². The van der Waals surface area contributed by atoms with Crippen molar-refractivity contribution in [2.75, 3.05) is 7.11 Å². The molecular weight excluding hydrogens is 439 g/mol. The summed E-state index contributed by atoms with van der Waals surface area (Å²) in [7, 11) is 1.24. The minimum absolute atomic E-state index is 0.151. The number of benzene rings is 1. The summed E-state index contributed by atoms with van der Waals surface area (Å²) in [4.78, 5) is 29.4. The van der Waals surface area contributed by atoms with E-state index in [2.05, 4.69) is 10.3 Å². The third-order valence-electron chi connectivity index (χ3n) is 5.09. The number of hydrogen-bond acceptors (Lipinski definition) is 5. The zero-order chi connectivity index (χ0) is 24.3. The number of carbonyl (C=O) groups is 2. The van der Waals surface area contributed by atoms with Crippen LogP contribution in [0.4, 0.5) is 13.2 Å². The second-order valence-corrected chi connectivity index (χ2v) is 7.57. The zero-order valence-corrected chi connectivity index (χ0v) is 18.7. The molecule has 0 aliphatic carbocycles. The molecule has 1 aromatic carbocycles. The molecule has 1 atom stereocenters. The number of fused-ring (bicyclic) bond motifs is 1. The Balaban J connectivity index is 1.96. The van der Waals surface area contributed by atoms with Crippen molar-refractivity contribution in [1.82, 2.24) is 14.7 Å². The highest BCUT2D eigenvalue weighted by Gasteiger charge is 2.26. The molecule has 1 unspecified atom stereocenters. The van der Waals surface area contributed by atoms with Crippen molar-refractivity contribution in [2.45, 2.75) is 46.3 Å². The smallest absolute Gasteiger partial charge is 0.328 e. The molecule has 2 aromatic heterocycles. The van der Waals surface area contributed by atoms with Gasteiger partial charge in [0.05, 0.1) is 18.4 Å². The third-order valence-corrected chi connectivity index (χ3v) is 5.09. The summed E-state index contributed by atoms with van der Waals surface area (Å²) in [5, 5.41) is 2.67. The number of pyridine rings is 1. The molecule has 0 fully saturated rings. The highest BCUT2D eigenvalue weighted by atomic mass is 19.2. The number of ether oxygens (including phenoxy) is 2. The maximum Gasteiger partial charge on any atom is 0.328 e. The van der Waals surface area contributed by atoms with Crippen molar-refractivity contribution in [3.63, 3.8) is 0 Å². The van der Waals surface area contributed by atoms with Crippen LogP contribution in [-0.4, -0.2) is 34.4 Å². The third kappa shape index (κ3) is 4.94. The molecule has 0 saturated heterocycles. The van der Waals surface area contributed by atoms with E-state index in [1.165, 1.54) is 11.5 Å². The number of carbonyl (C=O) groups excluding carboxylic acids is 2. The summed E-state index contributed by atoms with van der Waals surface area (Å²) in [6.45, 7) is 4.64. The normalized spacial score (nSPS) is 12.0. The van der Waals surface area contributed by atoms with E-state index in [0.717, 1.165) is 6.07 Å². The van der Waals surface area contributed by atoms with Crippen LogP contribution < -0.4 is 10.1 Å². The number of aryl methyl sites for hydroxylation is 2. The first-order valence-electron chi connectivity index (χ1n) is 10.3. The first-order chi connectivity index (χ1) is 15.7. The highest BCUT2D eigenvalue weighted by Crippen LogP contribution is 2.26. The highest BCUT2D eigenvalue weighted by molar-refractivity contribution is 5.97. The van der Waals surface area contributed by atoms with Crippen LogP contribution in [0.15, 0.2) is 24.4 Å². The molecule has 0 aliphatic heterocycles. The van der Waals surface area contributed by atoms with Crippen LogP contribution in [0.1, 0.15) is 47.1 Å². The quantitative estimate of drug-likeness (QED) is 0.403. The predicted molar refractivity (Wildman–Crippen MR) is 113 cm³/mol. The van der Waals surface area contributed by atoms with Crippen LogP contribution >= 0.6 is 0 Å². The van der Waals surface area contributed by atoms with Crippen LogP contribution in [-0.2, 0) is 16.1 Å². The number of amides is 1. The van der Waals surface area contributed by atoms with Gasteiger partial charge < -0.3 is 14.8 Å². The number of rotatable bonds is 8. The summed E-state index contributed by atoms with van der Waals surface area (Å²) in [5.74, 6) is -4.41. The van der Waals surface area contributed by atoms with E-state index < -0.39 is 47.5 Å². The monoisotopic (exact) mass is 463 g/mol. The summed E-state index contributed by atoms with van der Waals surface area (Å²) in [6.07, 6.45) is 2.69. The Kier molecular flexibility index (Phi) is 7.25. The molecule has 0 radical (unpaired) electrons. The van der Waals surface area contributed by atoms with Crippen molar-refractivity contribution in [2.24, 2.45) is 0 Å². The summed E-state index contributed by atoms with van der Waals surface area (Å²) < 4.78 is 53.3. The van der Waals surface area contributed by atoms with Gasteiger partial charge in [0.25, 0.3) is 5.91 Å². The molecule has 10 heteroatoms. The van der Waals surface area contributed by atoms with Gasteiger partial charge in [-0.3, -0.25) is 9.20 Å². The zero-order valence-electron chi connectivity index (χ0n) is 18.7. The van der Waals surface area contributed by atoms with E-state index in [4.69, 9.17) is 9.47 Å². The van der Waals surface area contributed by atoms with Gasteiger partial charge in [-0.15, -0.1) is 0 Å². The lowest BCUT2D eigenvalue weighted by Crippen LogP contribution is -2.42. The average Bonchev–Trinajstić information content (AvgIpc) is 3.11. The lowest BCUT2D eigenvalue weighted by Gasteiger charge is -2.16. The molecule has 1 amide bonds. The maximum atomic E-state index is 14.0. The standard InChI is InChI=1S/C23H24F3N3O4/c1-5-6-17(23(31)32-4)28-22(30)20-13(3)27-21-18(9-12(2)10-29(20)21)33-11-14-15(24)7-8-16(25)19(14)26/h7-10,17H,5-6,11H2,1-4H3,(H,28,30). The fourth-order valence-corrected chi connectivity index (χ4v) is 3.50. The first-order valence-corrected chi connectivity index (χ1v) is 10.3. The molecule has 0 saturated carbocycles. The number of aromatic nitrogens is 2. The van der Waals surface area contributed by atoms with Gasteiger partial charge in [0.2, 0.25) is 0 Å². The lowest BCUT2D eigenvalue weighted by atomic mass is 10.1. The Hall–Kier alpha value is -3.56. The van der Waals surface area contributed by atoms with Gasteiger partial charge in [-0.25, -0.2) is 22.9 Å². The first kappa shape index (κ1) is 24.1. The minimum Gasteiger partial charge on any atom is -0.485 e. The van der Waals surface area contributed by atoms with Crippen LogP contribution in [0.3, 0.4) is 0 Å². The van der Waals surface area contributed by atoms with Gasteiger partial charge in [-0.2, -0.15) is 0 Å². The van der Waals surface area contributed by atoms with Gasteiger partial charge in [0.15, 0.2) is 23.0 Å². The second kappa shape index (κ2) is 9.93. The molecule has 1 N–H and O–H groups in total. The van der Waals surface area contributed by atoms with E-state index in [1.807, 2.05) is 6.92 Å². The summed E-state index contributed by atoms with van der Waals surface area (Å²) in [6, 6.07) is 2.28. The van der Waals surface area contributed by atoms with Crippen molar-refractivity contribution in [1.29, 1.82) is 0 Å². The molecule has 33 heavy (non-hydrogen) atoms. The Labute approximate surface area is 188 Å². The number of esters is 1. The number of halogens is 3. The van der Waals surface area contributed by atoms with Gasteiger partial charge in [-0.05, 0) is 44.0 Å². The molecule has 176 valence electrons. The van der Waals surface area contributed by atoms with E-state index in [1.54, 1.807) is 26.1 Å². The van der Waals surface area contributed by atoms with E-state index >= 15 is 0 Å². The average molecular weight is 463 g/mol. The minimum atomic E-state index is -1.33. The van der Waals surface area contributed by atoms with Crippen LogP contribution in [0.2, 0.25) is 0 Å². The van der Waals surface area contributed by atoms with E-state index in [0.29, 0.717) is 30.2 Å². The predicted octanol–water partition coefficient (Wildman–Crippen LogP) is 4.02. The summed E-state index contributed by atoms with van der Waals surface area (Å²) >= 11 is 0. The molecule has 0 bridgehead atoms. The number of imidazole rings is 1. The van der Waals surface area contributed by atoms with E-state index in [9.17, 15) is 22.8 Å². The molecule has 0 spiro atoms. The van der Waals surface area contributed by atoms with Crippen LogP contribution in [0.25, 0.3) is 5.65 Å². The number of nitrogens with one attached hydrogen (secondary N) is 1. The molecule has 0 aliphatic rings. The number of nitrogens with zero attached hydrogens (tertiary/aromatic N) is 2. The van der Waals surface area contributed by atoms with Gasteiger partial charge in [0.1, 0.15) is 24.2 Å². The van der Waals surface area contributed by atoms with Crippen molar-refractivity contribution in [3.8, 4) is 5.75 Å². The molecule has 7 nitrogen and oxygen atoms in total. The van der Waals surface area contributed by atoms with Gasteiger partial charge in [-0.1, -0.05) is 13.3 Å². The Morgan fingerprint density at radius 2 is 1.88 bits per heavy atom. The maximum absolute atomic E-state index is 14.0. The number of methoxy groups -OCH3 is 1. The topological polar surface area (TPSA) is 81.9 Å². The SMILES string of the molecule is CCCC(NC(=O)c1c(C)nc2c(OCc3c(F)ccc(F)c3F)cc(C)cn12)C(=O)OC. The Morgan fingerprint density at radius 3 is 2.55 bits per heavy atom. The van der Waals surface area contributed by atoms with Crippen LogP contribution in [0.5, 0.6) is 5.75 Å². The summed E-state index contributed by atoms with van der Waals surface area (Å²) in [5.41, 5.74) is 0.863. The largest absolute Gasteiger partial charge is 0.485 e. The Bertz CT molecular complexity index is 1210. The van der Waals surface area contributed by atoms with Crippen molar-refractivity contribution < 1.29 is 32.2 Å². The Morgan fingerprint density at radius 1 is 1.18 bits per heavy atom. The molecule has 2 heterocycles. The second-order valence-electron chi connectivity index (χ2n) is 7.57. The van der Waals surface area contributed by atoms with Crippen molar-refractivity contribution >= 4 is 17.5 Å². The fraction of sp³-hybridized carbons (Fsp3) is 0.348. The van der Waals surface area contributed by atoms with E-state index in [-0.39, 0.29) is 17.1 Å². The molecular formula is C23H24F3N3O4. The van der Waals surface area contributed by atoms with Gasteiger partial charge in [0, 0.05) is 6.20 Å². The molecule has 3 rings (SSSR count). The number of hydrogen-bond donors (Lipinski definition) is 1. The molecule has 3 aromatic rings. The van der Waals surface area contributed by atoms with Crippen molar-refractivity contribution in [3.05, 3.63) is 64.4 Å². The lowest BCUT2D eigenvalue weighted by molar-refractivity contribution is -0.143.